The van der Waals surface area contributed by atoms with E-state index in [1.54, 1.807) is 11.3 Å². The first kappa shape index (κ1) is 21.9. The molecule has 0 amide bonds. The quantitative estimate of drug-likeness (QED) is 0.285. The van der Waals surface area contributed by atoms with Crippen LogP contribution in [0.15, 0.2) is 47.0 Å². The number of aromatic nitrogens is 2. The molecule has 0 saturated carbocycles. The minimum absolute atomic E-state index is 0. The first-order valence-corrected chi connectivity index (χ1v) is 10.9. The van der Waals surface area contributed by atoms with E-state index in [9.17, 15) is 0 Å². The summed E-state index contributed by atoms with van der Waals surface area (Å²) < 4.78 is 2.04. The van der Waals surface area contributed by atoms with E-state index in [2.05, 4.69) is 58.6 Å². The van der Waals surface area contributed by atoms with Crippen molar-refractivity contribution in [2.45, 2.75) is 39.3 Å². The summed E-state index contributed by atoms with van der Waals surface area (Å²) in [6.07, 6.45) is 6.66. The Balaban J connectivity index is 0.00000240. The summed E-state index contributed by atoms with van der Waals surface area (Å²) in [6, 6.07) is 9.03. The molecule has 29 heavy (non-hydrogen) atoms. The third-order valence-electron chi connectivity index (χ3n) is 5.08. The molecule has 0 radical (unpaired) electrons. The van der Waals surface area contributed by atoms with Gasteiger partial charge in [-0.05, 0) is 44.4 Å². The maximum Gasteiger partial charge on any atom is 0.193 e. The van der Waals surface area contributed by atoms with Gasteiger partial charge in [0.1, 0.15) is 0 Å². The molecule has 0 spiro atoms. The van der Waals surface area contributed by atoms with E-state index in [1.807, 2.05) is 22.2 Å². The van der Waals surface area contributed by atoms with Gasteiger partial charge in [-0.25, -0.2) is 9.98 Å². The number of nitrogens with one attached hydrogen (secondary N) is 2. The lowest BCUT2D eigenvalue weighted by Gasteiger charge is -2.22. The van der Waals surface area contributed by atoms with Crippen molar-refractivity contribution in [3.05, 3.63) is 53.3 Å². The van der Waals surface area contributed by atoms with Crippen molar-refractivity contribution in [2.24, 2.45) is 4.99 Å². The van der Waals surface area contributed by atoms with Crippen molar-refractivity contribution in [1.29, 1.82) is 0 Å². The number of nitrogens with zero attached hydrogens (tertiary/aromatic N) is 4. The Morgan fingerprint density at radius 1 is 1.31 bits per heavy atom. The van der Waals surface area contributed by atoms with Crippen LogP contribution in [0.5, 0.6) is 0 Å². The first-order chi connectivity index (χ1) is 13.7. The van der Waals surface area contributed by atoms with Crippen LogP contribution in [0.2, 0.25) is 0 Å². The predicted octanol–water partition coefficient (Wildman–Crippen LogP) is 4.43. The molecule has 2 aromatic heterocycles. The fraction of sp³-hybridized carbons (Fsp3) is 0.429. The topological polar surface area (TPSA) is 57.0 Å². The second kappa shape index (κ2) is 10.3. The van der Waals surface area contributed by atoms with Crippen LogP contribution in [0.1, 0.15) is 44.0 Å². The molecular formula is C21H29IN6S. The van der Waals surface area contributed by atoms with E-state index < -0.39 is 0 Å². The number of anilines is 1. The molecule has 3 aromatic rings. The summed E-state index contributed by atoms with van der Waals surface area (Å²) in [7, 11) is 0. The SMILES string of the molecule is CCNC(=NCc1cn2ccsc2n1)NC(C)c1cccc(N2CCCC2)c1.I. The van der Waals surface area contributed by atoms with E-state index in [1.165, 1.54) is 24.1 Å². The lowest BCUT2D eigenvalue weighted by Crippen LogP contribution is -2.38. The van der Waals surface area contributed by atoms with Crippen LogP contribution in [-0.4, -0.2) is 35.0 Å². The zero-order valence-corrected chi connectivity index (χ0v) is 20.1. The zero-order valence-electron chi connectivity index (χ0n) is 17.0. The predicted molar refractivity (Wildman–Crippen MR) is 133 cm³/mol. The van der Waals surface area contributed by atoms with Crippen LogP contribution in [0.4, 0.5) is 5.69 Å². The Morgan fingerprint density at radius 2 is 2.14 bits per heavy atom. The number of guanidine groups is 1. The van der Waals surface area contributed by atoms with Gasteiger partial charge in [-0.2, -0.15) is 0 Å². The van der Waals surface area contributed by atoms with Crippen molar-refractivity contribution in [3.8, 4) is 0 Å². The molecule has 1 unspecified atom stereocenters. The monoisotopic (exact) mass is 524 g/mol. The molecule has 6 nitrogen and oxygen atoms in total. The molecule has 1 aromatic carbocycles. The molecule has 2 N–H and O–H groups in total. The fourth-order valence-corrected chi connectivity index (χ4v) is 4.31. The molecule has 4 rings (SSSR count). The van der Waals surface area contributed by atoms with Crippen LogP contribution in [0.25, 0.3) is 4.96 Å². The maximum atomic E-state index is 4.74. The van der Waals surface area contributed by atoms with Gasteiger partial charge < -0.3 is 15.5 Å². The van der Waals surface area contributed by atoms with E-state index in [-0.39, 0.29) is 30.0 Å². The highest BCUT2D eigenvalue weighted by Crippen LogP contribution is 2.24. The molecule has 0 aliphatic carbocycles. The average Bonchev–Trinajstić information content (AvgIpc) is 3.43. The summed E-state index contributed by atoms with van der Waals surface area (Å²) in [4.78, 5) is 12.8. The number of hydrogen-bond donors (Lipinski definition) is 2. The summed E-state index contributed by atoms with van der Waals surface area (Å²) in [5.74, 6) is 0.818. The highest BCUT2D eigenvalue weighted by Gasteiger charge is 2.14. The number of benzene rings is 1. The van der Waals surface area contributed by atoms with Crippen LogP contribution < -0.4 is 15.5 Å². The lowest BCUT2D eigenvalue weighted by molar-refractivity contribution is 0.685. The van der Waals surface area contributed by atoms with Gasteiger partial charge in [0.25, 0.3) is 0 Å². The Bertz CT molecular complexity index is 915. The average molecular weight is 524 g/mol. The molecule has 156 valence electrons. The standard InChI is InChI=1S/C21H28N6S.HI/c1-3-22-20(23-14-18-15-27-11-12-28-21(27)25-18)24-16(2)17-7-6-8-19(13-17)26-9-4-5-10-26;/h6-8,11-13,15-16H,3-5,9-10,14H2,1-2H3,(H2,22,23,24);1H. The van der Waals surface area contributed by atoms with Gasteiger partial charge >= 0.3 is 0 Å². The van der Waals surface area contributed by atoms with Crippen molar-refractivity contribution in [1.82, 2.24) is 20.0 Å². The van der Waals surface area contributed by atoms with Gasteiger partial charge in [-0.3, -0.25) is 4.40 Å². The van der Waals surface area contributed by atoms with Gasteiger partial charge in [-0.15, -0.1) is 35.3 Å². The molecule has 1 saturated heterocycles. The fourth-order valence-electron chi connectivity index (χ4n) is 3.59. The second-order valence-corrected chi connectivity index (χ2v) is 8.05. The van der Waals surface area contributed by atoms with Crippen LogP contribution in [-0.2, 0) is 6.54 Å². The lowest BCUT2D eigenvalue weighted by atomic mass is 10.1. The maximum absolute atomic E-state index is 4.74. The smallest absolute Gasteiger partial charge is 0.193 e. The zero-order chi connectivity index (χ0) is 19.3. The molecule has 1 aliphatic heterocycles. The van der Waals surface area contributed by atoms with E-state index in [0.29, 0.717) is 6.54 Å². The Labute approximate surface area is 193 Å². The number of halogens is 1. The summed E-state index contributed by atoms with van der Waals surface area (Å²) in [6.45, 7) is 7.98. The summed E-state index contributed by atoms with van der Waals surface area (Å²) in [5, 5.41) is 8.93. The van der Waals surface area contributed by atoms with Crippen molar-refractivity contribution >= 4 is 51.9 Å². The number of imidazole rings is 1. The Morgan fingerprint density at radius 3 is 2.90 bits per heavy atom. The highest BCUT2D eigenvalue weighted by atomic mass is 127. The number of aliphatic imine (C=N–C) groups is 1. The molecule has 8 heteroatoms. The Kier molecular flexibility index (Phi) is 7.77. The molecule has 1 fully saturated rings. The van der Waals surface area contributed by atoms with Crippen molar-refractivity contribution in [3.63, 3.8) is 0 Å². The van der Waals surface area contributed by atoms with Gasteiger partial charge in [-0.1, -0.05) is 12.1 Å². The third-order valence-corrected chi connectivity index (χ3v) is 5.85. The molecular weight excluding hydrogens is 495 g/mol. The van der Waals surface area contributed by atoms with Crippen LogP contribution >= 0.6 is 35.3 Å². The minimum Gasteiger partial charge on any atom is -0.372 e. The van der Waals surface area contributed by atoms with E-state index >= 15 is 0 Å². The highest BCUT2D eigenvalue weighted by molar-refractivity contribution is 14.0. The largest absolute Gasteiger partial charge is 0.372 e. The van der Waals surface area contributed by atoms with Gasteiger partial charge in [0.2, 0.25) is 0 Å². The minimum atomic E-state index is 0. The molecule has 0 bridgehead atoms. The summed E-state index contributed by atoms with van der Waals surface area (Å²) >= 11 is 1.64. The third kappa shape index (κ3) is 5.42. The summed E-state index contributed by atoms with van der Waals surface area (Å²) in [5.41, 5.74) is 3.58. The van der Waals surface area contributed by atoms with Crippen LogP contribution in [0.3, 0.4) is 0 Å². The van der Waals surface area contributed by atoms with Gasteiger partial charge in [0, 0.05) is 43.1 Å². The molecule has 3 heterocycles. The molecule has 1 aliphatic rings. The van der Waals surface area contributed by atoms with E-state index in [4.69, 9.17) is 4.99 Å². The van der Waals surface area contributed by atoms with Gasteiger partial charge in [0.15, 0.2) is 10.9 Å². The number of hydrogen-bond acceptors (Lipinski definition) is 4. The van der Waals surface area contributed by atoms with Crippen molar-refractivity contribution < 1.29 is 0 Å². The van der Waals surface area contributed by atoms with E-state index in [0.717, 1.165) is 36.2 Å². The Hall–Kier alpha value is -1.81. The molecule has 1 atom stereocenters. The number of thiazole rings is 1. The number of rotatable bonds is 6. The normalized spacial score (nSPS) is 15.4. The second-order valence-electron chi connectivity index (χ2n) is 7.18. The first-order valence-electron chi connectivity index (χ1n) is 10.0. The number of fused-ring (bicyclic) bond motifs is 1. The van der Waals surface area contributed by atoms with Gasteiger partial charge in [0.05, 0.1) is 18.3 Å². The van der Waals surface area contributed by atoms with Crippen LogP contribution in [0, 0.1) is 0 Å². The van der Waals surface area contributed by atoms with Crippen molar-refractivity contribution in [2.75, 3.05) is 24.5 Å².